The Bertz CT molecular complexity index is 241. The third-order valence-corrected chi connectivity index (χ3v) is 4.21. The fourth-order valence-corrected chi connectivity index (χ4v) is 3.30. The van der Waals surface area contributed by atoms with Gasteiger partial charge in [-0.15, -0.1) is 0 Å². The number of hydrogen-bond donors (Lipinski definition) is 2. The van der Waals surface area contributed by atoms with Crippen LogP contribution in [0.3, 0.4) is 0 Å². The third-order valence-electron chi connectivity index (χ3n) is 3.13. The third kappa shape index (κ3) is 9.49. The van der Waals surface area contributed by atoms with E-state index in [4.69, 9.17) is 16.3 Å². The van der Waals surface area contributed by atoms with E-state index in [0.29, 0.717) is 11.8 Å². The summed E-state index contributed by atoms with van der Waals surface area (Å²) >= 11 is 8.84. The van der Waals surface area contributed by atoms with E-state index in [-0.39, 0.29) is 6.10 Å². The zero-order valence-electron chi connectivity index (χ0n) is 11.4. The van der Waals surface area contributed by atoms with Crippen LogP contribution >= 0.6 is 17.9 Å². The lowest BCUT2D eigenvalue weighted by molar-refractivity contribution is 0.123. The summed E-state index contributed by atoms with van der Waals surface area (Å²) in [7, 11) is 0. The van der Waals surface area contributed by atoms with Crippen LogP contribution in [0.25, 0.3) is 0 Å². The van der Waals surface area contributed by atoms with Crippen LogP contribution in [0.2, 0.25) is 0 Å². The van der Waals surface area contributed by atoms with Crippen LogP contribution in [0.5, 0.6) is 0 Å². The van der Waals surface area contributed by atoms with Crippen LogP contribution in [0.1, 0.15) is 59.8 Å². The monoisotopic (exact) mass is 298 g/mol. The molecular formula is C12H27O2PS2. The SMILES string of the molecule is CCCCC(CC)CC(OP(O)(=S)S)C(C)C. The fourth-order valence-electron chi connectivity index (χ4n) is 1.92. The predicted octanol–water partition coefficient (Wildman–Crippen LogP) is 4.78. The molecule has 0 fully saturated rings. The maximum atomic E-state index is 9.57. The first kappa shape index (κ1) is 17.9. The van der Waals surface area contributed by atoms with Crippen molar-refractivity contribution >= 4 is 29.7 Å². The van der Waals surface area contributed by atoms with Gasteiger partial charge in [-0.2, -0.15) is 0 Å². The molecule has 0 radical (unpaired) electrons. The second-order valence-electron chi connectivity index (χ2n) is 5.03. The Hall–Kier alpha value is 0.920. The van der Waals surface area contributed by atoms with Crippen LogP contribution < -0.4 is 0 Å². The highest BCUT2D eigenvalue weighted by Gasteiger charge is 2.23. The molecule has 17 heavy (non-hydrogen) atoms. The molecule has 3 unspecified atom stereocenters. The quantitative estimate of drug-likeness (QED) is 0.474. The molecular weight excluding hydrogens is 271 g/mol. The highest BCUT2D eigenvalue weighted by atomic mass is 32.9. The van der Waals surface area contributed by atoms with Gasteiger partial charge in [0.15, 0.2) is 0 Å². The average Bonchev–Trinajstić information content (AvgIpc) is 2.20. The summed E-state index contributed by atoms with van der Waals surface area (Å²) in [6.07, 6.45) is 5.90. The van der Waals surface area contributed by atoms with E-state index in [2.05, 4.69) is 39.9 Å². The standard InChI is InChI=1S/C12H27O2PS2/c1-5-7-8-11(6-2)9-12(10(3)4)14-15(13,16)17/h10-12H,5-9H2,1-4H3,(H2,13,16,17). The van der Waals surface area contributed by atoms with Crippen LogP contribution in [0, 0.1) is 11.8 Å². The first-order chi connectivity index (χ1) is 7.80. The van der Waals surface area contributed by atoms with Gasteiger partial charge in [0.05, 0.1) is 6.10 Å². The minimum atomic E-state index is -2.84. The maximum Gasteiger partial charge on any atom is 0.241 e. The lowest BCUT2D eigenvalue weighted by Gasteiger charge is -2.27. The summed E-state index contributed by atoms with van der Waals surface area (Å²) in [6, 6.07) is 0. The number of hydrogen-bond acceptors (Lipinski definition) is 2. The van der Waals surface area contributed by atoms with Gasteiger partial charge in [0.2, 0.25) is 5.69 Å². The lowest BCUT2D eigenvalue weighted by Crippen LogP contribution is -2.21. The van der Waals surface area contributed by atoms with Gasteiger partial charge in [-0.1, -0.05) is 65.6 Å². The Morgan fingerprint density at radius 3 is 2.29 bits per heavy atom. The summed E-state index contributed by atoms with van der Waals surface area (Å²) < 4.78 is 5.56. The highest BCUT2D eigenvalue weighted by Crippen LogP contribution is 2.50. The number of thiol groups is 1. The van der Waals surface area contributed by atoms with E-state index in [1.165, 1.54) is 19.3 Å². The van der Waals surface area contributed by atoms with Gasteiger partial charge < -0.3 is 9.42 Å². The first-order valence-electron chi connectivity index (χ1n) is 6.54. The van der Waals surface area contributed by atoms with Gasteiger partial charge in [-0.25, -0.2) is 0 Å². The summed E-state index contributed by atoms with van der Waals surface area (Å²) in [5, 5.41) is 0. The lowest BCUT2D eigenvalue weighted by atomic mass is 9.89. The molecule has 2 nitrogen and oxygen atoms in total. The molecule has 0 aliphatic carbocycles. The van der Waals surface area contributed by atoms with E-state index in [0.717, 1.165) is 12.8 Å². The van der Waals surface area contributed by atoms with Crippen LogP contribution in [-0.2, 0) is 16.3 Å². The maximum absolute atomic E-state index is 9.57. The van der Waals surface area contributed by atoms with Gasteiger partial charge in [-0.3, -0.25) is 0 Å². The van der Waals surface area contributed by atoms with Gasteiger partial charge in [0.25, 0.3) is 0 Å². The van der Waals surface area contributed by atoms with Crippen molar-refractivity contribution in [1.82, 2.24) is 0 Å². The van der Waals surface area contributed by atoms with Crippen LogP contribution in [-0.4, -0.2) is 11.0 Å². The Balaban J connectivity index is 4.35. The van der Waals surface area contributed by atoms with Crippen molar-refractivity contribution < 1.29 is 9.42 Å². The van der Waals surface area contributed by atoms with E-state index >= 15 is 0 Å². The molecule has 0 aliphatic heterocycles. The van der Waals surface area contributed by atoms with Crippen molar-refractivity contribution in [1.29, 1.82) is 0 Å². The molecule has 0 heterocycles. The van der Waals surface area contributed by atoms with Crippen molar-refractivity contribution in [3.63, 3.8) is 0 Å². The Labute approximate surface area is 117 Å². The topological polar surface area (TPSA) is 29.5 Å². The molecule has 0 bridgehead atoms. The summed E-state index contributed by atoms with van der Waals surface area (Å²) in [4.78, 5) is 9.57. The summed E-state index contributed by atoms with van der Waals surface area (Å²) in [5.41, 5.74) is -2.84. The Morgan fingerprint density at radius 2 is 1.94 bits per heavy atom. The molecule has 0 aromatic rings. The van der Waals surface area contributed by atoms with Crippen LogP contribution in [0.15, 0.2) is 0 Å². The molecule has 5 heteroatoms. The molecule has 0 aliphatic rings. The minimum absolute atomic E-state index is 0.0325. The number of rotatable bonds is 9. The molecule has 3 atom stereocenters. The summed E-state index contributed by atoms with van der Waals surface area (Å²) in [6.45, 7) is 8.64. The molecule has 0 aromatic heterocycles. The molecule has 0 spiro atoms. The molecule has 0 rings (SSSR count). The molecule has 104 valence electrons. The minimum Gasteiger partial charge on any atom is -0.338 e. The fraction of sp³-hybridized carbons (Fsp3) is 1.00. The second kappa shape index (κ2) is 8.92. The first-order valence-corrected chi connectivity index (χ1v) is 10.4. The zero-order valence-corrected chi connectivity index (χ0v) is 14.0. The average molecular weight is 298 g/mol. The Kier molecular flexibility index (Phi) is 9.41. The van der Waals surface area contributed by atoms with E-state index in [1.54, 1.807) is 0 Å². The molecule has 0 amide bonds. The van der Waals surface area contributed by atoms with Crippen molar-refractivity contribution in [3.05, 3.63) is 0 Å². The van der Waals surface area contributed by atoms with Crippen molar-refractivity contribution in [2.75, 3.05) is 0 Å². The largest absolute Gasteiger partial charge is 0.338 e. The predicted molar refractivity (Wildman–Crippen MR) is 83.1 cm³/mol. The van der Waals surface area contributed by atoms with Gasteiger partial charge in [0, 0.05) is 0 Å². The highest BCUT2D eigenvalue weighted by molar-refractivity contribution is 8.59. The van der Waals surface area contributed by atoms with E-state index < -0.39 is 5.69 Å². The van der Waals surface area contributed by atoms with E-state index in [9.17, 15) is 4.89 Å². The molecule has 0 saturated heterocycles. The van der Waals surface area contributed by atoms with Gasteiger partial charge in [0.1, 0.15) is 0 Å². The second-order valence-corrected chi connectivity index (χ2v) is 10.1. The Morgan fingerprint density at radius 1 is 1.35 bits per heavy atom. The zero-order chi connectivity index (χ0) is 13.5. The summed E-state index contributed by atoms with van der Waals surface area (Å²) in [5.74, 6) is 1.03. The van der Waals surface area contributed by atoms with Gasteiger partial charge in [-0.05, 0) is 30.1 Å². The van der Waals surface area contributed by atoms with Crippen LogP contribution in [0.4, 0.5) is 0 Å². The molecule has 0 aromatic carbocycles. The smallest absolute Gasteiger partial charge is 0.241 e. The van der Waals surface area contributed by atoms with Crippen molar-refractivity contribution in [2.45, 2.75) is 65.9 Å². The van der Waals surface area contributed by atoms with E-state index in [1.807, 2.05) is 0 Å². The van der Waals surface area contributed by atoms with Crippen molar-refractivity contribution in [3.8, 4) is 0 Å². The number of unbranched alkanes of at least 4 members (excludes halogenated alkanes) is 1. The molecule has 0 saturated carbocycles. The normalized spacial score (nSPS) is 19.0. The van der Waals surface area contributed by atoms with Crippen molar-refractivity contribution in [2.24, 2.45) is 11.8 Å². The van der Waals surface area contributed by atoms with Gasteiger partial charge >= 0.3 is 0 Å². The molecule has 1 N–H and O–H groups in total.